The van der Waals surface area contributed by atoms with E-state index in [0.717, 1.165) is 35.0 Å². The van der Waals surface area contributed by atoms with E-state index in [1.54, 1.807) is 0 Å². The van der Waals surface area contributed by atoms with Crippen molar-refractivity contribution in [2.24, 2.45) is 7.05 Å². The molecule has 0 aliphatic heterocycles. The van der Waals surface area contributed by atoms with E-state index < -0.39 is 47.6 Å². The molecular weight excluding hydrogens is 460 g/mol. The van der Waals surface area contributed by atoms with Gasteiger partial charge in [-0.05, 0) is 18.2 Å². The fourth-order valence-corrected chi connectivity index (χ4v) is 2.72. The van der Waals surface area contributed by atoms with Crippen molar-refractivity contribution in [2.75, 3.05) is 6.54 Å². The Morgan fingerprint density at radius 1 is 1.15 bits per heavy atom. The molecule has 2 aromatic heterocycles. The average molecular weight is 475 g/mol. The fraction of sp³-hybridized carbons (Fsp3) is 0.263. The molecule has 0 saturated carbocycles. The van der Waals surface area contributed by atoms with Gasteiger partial charge in [0.25, 0.3) is 11.5 Å². The molecule has 1 amide bonds. The first kappa shape index (κ1) is 24.0. The molecule has 0 bridgehead atoms. The molecule has 3 aromatic rings. The van der Waals surface area contributed by atoms with Crippen molar-refractivity contribution in [1.29, 1.82) is 0 Å². The highest BCUT2D eigenvalue weighted by molar-refractivity contribution is 5.94. The van der Waals surface area contributed by atoms with Gasteiger partial charge in [0.15, 0.2) is 6.10 Å². The summed E-state index contributed by atoms with van der Waals surface area (Å²) in [4.78, 5) is 25.3. The first-order valence-electron chi connectivity index (χ1n) is 9.11. The van der Waals surface area contributed by atoms with Crippen LogP contribution in [0.5, 0.6) is 0 Å². The maximum atomic E-state index is 12.8. The summed E-state index contributed by atoms with van der Waals surface area (Å²) in [5.41, 5.74) is -2.50. The number of benzene rings is 1. The van der Waals surface area contributed by atoms with Gasteiger partial charge in [0, 0.05) is 12.6 Å². The normalized spacial score (nSPS) is 13.1. The van der Waals surface area contributed by atoms with Crippen molar-refractivity contribution in [1.82, 2.24) is 24.9 Å². The lowest BCUT2D eigenvalue weighted by Crippen LogP contribution is -2.42. The second kappa shape index (κ2) is 8.69. The lowest BCUT2D eigenvalue weighted by atomic mass is 10.1. The molecule has 0 aliphatic rings. The van der Waals surface area contributed by atoms with Crippen molar-refractivity contribution >= 4 is 5.91 Å². The summed E-state index contributed by atoms with van der Waals surface area (Å²) in [6.07, 6.45) is -9.87. The number of hydrogen-bond donors (Lipinski definition) is 2. The number of aliphatic hydroxyl groups is 1. The number of alkyl halides is 6. The highest BCUT2D eigenvalue weighted by Gasteiger charge is 2.38. The van der Waals surface area contributed by atoms with Crippen LogP contribution in [-0.4, -0.2) is 49.4 Å². The topological polar surface area (TPSA) is 102 Å². The van der Waals surface area contributed by atoms with Crippen LogP contribution in [0.2, 0.25) is 0 Å². The van der Waals surface area contributed by atoms with Crippen LogP contribution >= 0.6 is 0 Å². The van der Waals surface area contributed by atoms with Crippen LogP contribution in [0.15, 0.2) is 47.5 Å². The maximum Gasteiger partial charge on any atom is 0.416 e. The summed E-state index contributed by atoms with van der Waals surface area (Å²) in [7, 11) is 1.53. The monoisotopic (exact) mass is 475 g/mol. The number of nitrogens with zero attached hydrogens (tertiary/aromatic N) is 4. The SMILES string of the molecule is Cn1cc(-n2nc(-c3ccc(C(F)(F)F)cc3)cc(C(=O)NCC(O)C(F)(F)F)c2=O)cn1. The Balaban J connectivity index is 2.06. The summed E-state index contributed by atoms with van der Waals surface area (Å²) < 4.78 is 78.1. The number of aryl methyl sites for hydroxylation is 1. The zero-order valence-electron chi connectivity index (χ0n) is 16.6. The van der Waals surface area contributed by atoms with Gasteiger partial charge >= 0.3 is 12.4 Å². The number of hydrogen-bond acceptors (Lipinski definition) is 5. The zero-order chi connectivity index (χ0) is 24.6. The van der Waals surface area contributed by atoms with Gasteiger partial charge in [-0.25, -0.2) is 0 Å². The lowest BCUT2D eigenvalue weighted by molar-refractivity contribution is -0.201. The number of carbonyl (C=O) groups excluding carboxylic acids is 1. The second-order valence-corrected chi connectivity index (χ2v) is 6.87. The number of amides is 1. The largest absolute Gasteiger partial charge is 0.416 e. The number of rotatable bonds is 5. The number of aromatic nitrogens is 4. The van der Waals surface area contributed by atoms with Gasteiger partial charge in [-0.1, -0.05) is 12.1 Å². The summed E-state index contributed by atoms with van der Waals surface area (Å²) >= 11 is 0. The predicted octanol–water partition coefficient (Wildman–Crippen LogP) is 2.30. The molecule has 1 atom stereocenters. The molecular formula is C19H15F6N5O3. The Hall–Kier alpha value is -3.68. The summed E-state index contributed by atoms with van der Waals surface area (Å²) in [6.45, 7) is -1.22. The smallest absolute Gasteiger partial charge is 0.382 e. The third kappa shape index (κ3) is 5.39. The van der Waals surface area contributed by atoms with Gasteiger partial charge in [0.05, 0.1) is 30.2 Å². The minimum Gasteiger partial charge on any atom is -0.382 e. The van der Waals surface area contributed by atoms with E-state index in [1.807, 2.05) is 5.32 Å². The lowest BCUT2D eigenvalue weighted by Gasteiger charge is -2.15. The van der Waals surface area contributed by atoms with Crippen LogP contribution in [-0.2, 0) is 13.2 Å². The number of nitrogens with one attached hydrogen (secondary N) is 1. The highest BCUT2D eigenvalue weighted by atomic mass is 19.4. The summed E-state index contributed by atoms with van der Waals surface area (Å²) in [6, 6.07) is 4.62. The van der Waals surface area contributed by atoms with Gasteiger partial charge in [0.2, 0.25) is 0 Å². The van der Waals surface area contributed by atoms with E-state index in [-0.39, 0.29) is 16.9 Å². The van der Waals surface area contributed by atoms with Crippen LogP contribution in [0.4, 0.5) is 26.3 Å². The van der Waals surface area contributed by atoms with Gasteiger partial charge in [-0.15, -0.1) is 0 Å². The molecule has 3 rings (SSSR count). The van der Waals surface area contributed by atoms with Crippen molar-refractivity contribution in [2.45, 2.75) is 18.5 Å². The molecule has 1 unspecified atom stereocenters. The quantitative estimate of drug-likeness (QED) is 0.552. The molecule has 1 aromatic carbocycles. The third-order valence-corrected chi connectivity index (χ3v) is 4.43. The molecule has 2 N–H and O–H groups in total. The van der Waals surface area contributed by atoms with Crippen LogP contribution < -0.4 is 10.9 Å². The van der Waals surface area contributed by atoms with E-state index in [4.69, 9.17) is 5.11 Å². The number of aliphatic hydroxyl groups excluding tert-OH is 1. The Bertz CT molecular complexity index is 1210. The molecule has 0 radical (unpaired) electrons. The van der Waals surface area contributed by atoms with Crippen molar-refractivity contribution in [3.05, 3.63) is 64.2 Å². The van der Waals surface area contributed by atoms with Gasteiger partial charge in [-0.3, -0.25) is 14.3 Å². The van der Waals surface area contributed by atoms with Crippen LogP contribution in [0.3, 0.4) is 0 Å². The van der Waals surface area contributed by atoms with E-state index in [0.29, 0.717) is 0 Å². The number of halogens is 6. The average Bonchev–Trinajstić information content (AvgIpc) is 3.16. The first-order valence-corrected chi connectivity index (χ1v) is 9.11. The second-order valence-electron chi connectivity index (χ2n) is 6.87. The van der Waals surface area contributed by atoms with Crippen LogP contribution in [0.1, 0.15) is 15.9 Å². The standard InChI is InChI=1S/C19H15F6N5O3/c1-29-9-12(7-27-29)30-17(33)13(16(32)26-8-15(31)19(23,24)25)6-14(28-30)10-2-4-11(5-3-10)18(20,21)22/h2-7,9,15,31H,8H2,1H3,(H,26,32). The third-order valence-electron chi connectivity index (χ3n) is 4.43. The van der Waals surface area contributed by atoms with Gasteiger partial charge < -0.3 is 10.4 Å². The van der Waals surface area contributed by atoms with Crippen LogP contribution in [0.25, 0.3) is 16.9 Å². The first-order chi connectivity index (χ1) is 15.3. The molecule has 0 saturated heterocycles. The maximum absolute atomic E-state index is 12.8. The predicted molar refractivity (Wildman–Crippen MR) is 101 cm³/mol. The van der Waals surface area contributed by atoms with Gasteiger partial charge in [0.1, 0.15) is 11.3 Å². The Morgan fingerprint density at radius 3 is 2.30 bits per heavy atom. The molecule has 0 spiro atoms. The Labute approximate surface area is 181 Å². The molecule has 33 heavy (non-hydrogen) atoms. The van der Waals surface area contributed by atoms with Crippen molar-refractivity contribution in [3.8, 4) is 16.9 Å². The molecule has 8 nitrogen and oxygen atoms in total. The molecule has 14 heteroatoms. The van der Waals surface area contributed by atoms with Crippen LogP contribution in [0, 0.1) is 0 Å². The van der Waals surface area contributed by atoms with E-state index in [1.165, 1.54) is 24.1 Å². The zero-order valence-corrected chi connectivity index (χ0v) is 16.6. The Kier molecular flexibility index (Phi) is 6.31. The van der Waals surface area contributed by atoms with E-state index >= 15 is 0 Å². The number of carbonyl (C=O) groups is 1. The summed E-state index contributed by atoms with van der Waals surface area (Å²) in [5, 5.41) is 18.8. The molecule has 176 valence electrons. The fourth-order valence-electron chi connectivity index (χ4n) is 2.72. The Morgan fingerprint density at radius 2 is 1.79 bits per heavy atom. The van der Waals surface area contributed by atoms with Crippen molar-refractivity contribution < 1.29 is 36.2 Å². The minimum atomic E-state index is -4.99. The van der Waals surface area contributed by atoms with Crippen molar-refractivity contribution in [3.63, 3.8) is 0 Å². The molecule has 2 heterocycles. The van der Waals surface area contributed by atoms with Gasteiger partial charge in [-0.2, -0.15) is 41.2 Å². The molecule has 0 fully saturated rings. The van der Waals surface area contributed by atoms with E-state index in [9.17, 15) is 35.9 Å². The minimum absolute atomic E-state index is 0.0978. The molecule has 0 aliphatic carbocycles. The van der Waals surface area contributed by atoms with E-state index in [2.05, 4.69) is 10.2 Å². The highest BCUT2D eigenvalue weighted by Crippen LogP contribution is 2.30. The summed E-state index contributed by atoms with van der Waals surface area (Å²) in [5.74, 6) is -1.24.